The van der Waals surface area contributed by atoms with Crippen LogP contribution in [0.1, 0.15) is 0 Å². The normalized spacial score (nSPS) is 11.6. The summed E-state index contributed by atoms with van der Waals surface area (Å²) < 4.78 is 2.23. The smallest absolute Gasteiger partial charge is 0.165 e. The highest BCUT2D eigenvalue weighted by molar-refractivity contribution is 7.26. The minimum atomic E-state index is 0.637. The molecule has 8 rings (SSSR count). The molecule has 0 amide bonds. The second kappa shape index (κ2) is 9.23. The van der Waals surface area contributed by atoms with Gasteiger partial charge in [0.05, 0.1) is 9.72 Å². The maximum absolute atomic E-state index is 7.08. The summed E-state index contributed by atoms with van der Waals surface area (Å²) in [5.74, 6) is 1.92. The van der Waals surface area contributed by atoms with Crippen LogP contribution in [0.2, 0.25) is 5.02 Å². The fourth-order valence-electron chi connectivity index (χ4n) is 5.57. The van der Waals surface area contributed by atoms with Crippen molar-refractivity contribution in [1.82, 2.24) is 15.0 Å². The van der Waals surface area contributed by atoms with Gasteiger partial charge in [0, 0.05) is 37.5 Å². The van der Waals surface area contributed by atoms with Gasteiger partial charge in [0.15, 0.2) is 17.5 Å². The summed E-state index contributed by atoms with van der Waals surface area (Å²) in [4.78, 5) is 15.4. The van der Waals surface area contributed by atoms with Crippen molar-refractivity contribution in [3.63, 3.8) is 0 Å². The van der Waals surface area contributed by atoms with Gasteiger partial charge < -0.3 is 0 Å². The van der Waals surface area contributed by atoms with E-state index in [0.717, 1.165) is 58.7 Å². The molecule has 0 atom stereocenters. The molecule has 2 aromatic heterocycles. The van der Waals surface area contributed by atoms with Crippen molar-refractivity contribution < 1.29 is 0 Å². The molecule has 0 fully saturated rings. The van der Waals surface area contributed by atoms with Crippen LogP contribution in [-0.2, 0) is 0 Å². The van der Waals surface area contributed by atoms with E-state index in [9.17, 15) is 0 Å². The lowest BCUT2D eigenvalue weighted by molar-refractivity contribution is 1.08. The molecule has 6 aromatic carbocycles. The molecule has 0 saturated carbocycles. The van der Waals surface area contributed by atoms with Gasteiger partial charge in [-0.25, -0.2) is 15.0 Å². The summed E-state index contributed by atoms with van der Waals surface area (Å²) in [5, 5.41) is 7.27. The van der Waals surface area contributed by atoms with Crippen LogP contribution in [0.5, 0.6) is 0 Å². The van der Waals surface area contributed by atoms with Crippen LogP contribution < -0.4 is 0 Å². The monoisotopic (exact) mass is 549 g/mol. The van der Waals surface area contributed by atoms with Gasteiger partial charge in [0.25, 0.3) is 0 Å². The highest BCUT2D eigenvalue weighted by atomic mass is 35.5. The van der Waals surface area contributed by atoms with Crippen molar-refractivity contribution in [2.24, 2.45) is 0 Å². The van der Waals surface area contributed by atoms with Gasteiger partial charge in [0.2, 0.25) is 0 Å². The topological polar surface area (TPSA) is 38.7 Å². The molecule has 2 heterocycles. The van der Waals surface area contributed by atoms with Crippen LogP contribution in [-0.4, -0.2) is 15.0 Å². The maximum atomic E-state index is 7.08. The zero-order valence-electron chi connectivity index (χ0n) is 21.2. The van der Waals surface area contributed by atoms with Crippen LogP contribution in [0.3, 0.4) is 0 Å². The molecule has 0 aliphatic heterocycles. The number of rotatable bonds is 3. The standard InChI is InChI=1S/C35H20ClN3S/c36-31-25-17-7-6-16-24(25)30(29-27-18-8-9-20-28(27)40-32(29)31)35-38-33(22-12-2-1-3-13-22)37-34(39-35)26-19-10-14-21-11-4-5-15-23(21)26/h1-20H. The van der Waals surface area contributed by atoms with Gasteiger partial charge in [-0.05, 0) is 22.2 Å². The molecule has 0 unspecified atom stereocenters. The molecule has 0 aliphatic carbocycles. The van der Waals surface area contributed by atoms with E-state index in [1.165, 1.54) is 4.70 Å². The van der Waals surface area contributed by atoms with Crippen molar-refractivity contribution >= 4 is 64.7 Å². The first kappa shape index (κ1) is 23.3. The first-order valence-corrected chi connectivity index (χ1v) is 14.3. The number of benzene rings is 6. The fourth-order valence-corrected chi connectivity index (χ4v) is 7.11. The second-order valence-corrected chi connectivity index (χ2v) is 11.2. The average Bonchev–Trinajstić information content (AvgIpc) is 3.41. The summed E-state index contributed by atoms with van der Waals surface area (Å²) >= 11 is 8.79. The maximum Gasteiger partial charge on any atom is 0.165 e. The molecule has 0 spiro atoms. The van der Waals surface area contributed by atoms with Crippen LogP contribution in [0.15, 0.2) is 121 Å². The SMILES string of the molecule is Clc1c2ccccc2c(-c2nc(-c3ccccc3)nc(-c3cccc4ccccc34)n2)c2c1sc1ccccc12. The molecular weight excluding hydrogens is 530 g/mol. The van der Waals surface area contributed by atoms with E-state index in [-0.39, 0.29) is 0 Å². The van der Waals surface area contributed by atoms with Crippen molar-refractivity contribution in [1.29, 1.82) is 0 Å². The highest BCUT2D eigenvalue weighted by Crippen LogP contribution is 2.48. The summed E-state index contributed by atoms with van der Waals surface area (Å²) in [6.45, 7) is 0. The molecule has 40 heavy (non-hydrogen) atoms. The van der Waals surface area contributed by atoms with E-state index in [2.05, 4.69) is 78.9 Å². The van der Waals surface area contributed by atoms with Gasteiger partial charge >= 0.3 is 0 Å². The van der Waals surface area contributed by atoms with Gasteiger partial charge in [-0.3, -0.25) is 0 Å². The van der Waals surface area contributed by atoms with E-state index >= 15 is 0 Å². The number of aromatic nitrogens is 3. The van der Waals surface area contributed by atoms with Crippen LogP contribution >= 0.6 is 22.9 Å². The van der Waals surface area contributed by atoms with Crippen molar-refractivity contribution in [2.75, 3.05) is 0 Å². The van der Waals surface area contributed by atoms with Gasteiger partial charge in [-0.15, -0.1) is 11.3 Å². The van der Waals surface area contributed by atoms with E-state index in [1.54, 1.807) is 11.3 Å². The number of halogens is 1. The lowest BCUT2D eigenvalue weighted by atomic mass is 9.97. The molecule has 0 N–H and O–H groups in total. The predicted octanol–water partition coefficient (Wildman–Crippen LogP) is 10.2. The second-order valence-electron chi connectivity index (χ2n) is 9.74. The summed E-state index contributed by atoms with van der Waals surface area (Å²) in [7, 11) is 0. The van der Waals surface area contributed by atoms with Gasteiger partial charge in [0.1, 0.15) is 0 Å². The molecule has 0 bridgehead atoms. The first-order chi connectivity index (χ1) is 19.8. The van der Waals surface area contributed by atoms with Crippen LogP contribution in [0.25, 0.3) is 75.9 Å². The summed E-state index contributed by atoms with van der Waals surface area (Å²) in [5.41, 5.74) is 2.90. The van der Waals surface area contributed by atoms with Crippen molar-refractivity contribution in [3.05, 3.63) is 126 Å². The van der Waals surface area contributed by atoms with Gasteiger partial charge in [-0.2, -0.15) is 0 Å². The molecule has 5 heteroatoms. The molecule has 0 radical (unpaired) electrons. The Morgan fingerprint density at radius 2 is 1.12 bits per heavy atom. The quantitative estimate of drug-likeness (QED) is 0.220. The number of hydrogen-bond acceptors (Lipinski definition) is 4. The number of hydrogen-bond donors (Lipinski definition) is 0. The van der Waals surface area contributed by atoms with Gasteiger partial charge in [-0.1, -0.05) is 127 Å². The third-order valence-corrected chi connectivity index (χ3v) is 9.09. The van der Waals surface area contributed by atoms with Crippen LogP contribution in [0, 0.1) is 0 Å². The highest BCUT2D eigenvalue weighted by Gasteiger charge is 2.22. The third kappa shape index (κ3) is 3.61. The number of nitrogens with zero attached hydrogens (tertiary/aromatic N) is 3. The molecule has 8 aromatic rings. The molecule has 188 valence electrons. The van der Waals surface area contributed by atoms with Crippen LogP contribution in [0.4, 0.5) is 0 Å². The Labute approximate surface area is 239 Å². The lowest BCUT2D eigenvalue weighted by Gasteiger charge is -2.14. The molecule has 3 nitrogen and oxygen atoms in total. The van der Waals surface area contributed by atoms with E-state index in [1.807, 2.05) is 42.5 Å². The van der Waals surface area contributed by atoms with Crippen molar-refractivity contribution in [2.45, 2.75) is 0 Å². The first-order valence-electron chi connectivity index (χ1n) is 13.1. The number of thiophene rings is 1. The van der Waals surface area contributed by atoms with E-state index < -0.39 is 0 Å². The van der Waals surface area contributed by atoms with E-state index in [4.69, 9.17) is 26.6 Å². The Morgan fingerprint density at radius 3 is 1.98 bits per heavy atom. The molecular formula is C35H20ClN3S. The predicted molar refractivity (Wildman–Crippen MR) is 169 cm³/mol. The third-order valence-electron chi connectivity index (χ3n) is 7.40. The Kier molecular flexibility index (Phi) is 5.37. The largest absolute Gasteiger partial charge is 0.208 e. The molecule has 0 aliphatic rings. The minimum Gasteiger partial charge on any atom is -0.208 e. The Balaban J connectivity index is 1.54. The Bertz CT molecular complexity index is 2230. The minimum absolute atomic E-state index is 0.637. The Morgan fingerprint density at radius 1 is 0.500 bits per heavy atom. The summed E-state index contributed by atoms with van der Waals surface area (Å²) in [6.07, 6.45) is 0. The lowest BCUT2D eigenvalue weighted by Crippen LogP contribution is -2.01. The van der Waals surface area contributed by atoms with Crippen molar-refractivity contribution in [3.8, 4) is 34.2 Å². The van der Waals surface area contributed by atoms with E-state index in [0.29, 0.717) is 17.5 Å². The molecule has 0 saturated heterocycles. The Hall–Kier alpha value is -4.64. The fraction of sp³-hybridized carbons (Fsp3) is 0. The average molecular weight is 550 g/mol. The number of fused-ring (bicyclic) bond motifs is 5. The zero-order valence-corrected chi connectivity index (χ0v) is 22.7. The zero-order chi connectivity index (χ0) is 26.6. The summed E-state index contributed by atoms with van der Waals surface area (Å²) in [6, 6.07) is 41.5.